The topological polar surface area (TPSA) is 64.4 Å². The molecule has 0 unspecified atom stereocenters. The minimum atomic E-state index is -0.520. The summed E-state index contributed by atoms with van der Waals surface area (Å²) in [6, 6.07) is 7.09. The van der Waals surface area contributed by atoms with Crippen LogP contribution in [-0.4, -0.2) is 4.92 Å². The molecule has 0 spiro atoms. The Morgan fingerprint density at radius 2 is 2.23 bits per heavy atom. The second kappa shape index (κ2) is 2.78. The summed E-state index contributed by atoms with van der Waals surface area (Å²) in [5.74, 6) is 0.607. The molecule has 0 aliphatic carbocycles. The van der Waals surface area contributed by atoms with Gasteiger partial charge in [-0.15, -0.1) is 0 Å². The van der Waals surface area contributed by atoms with Crippen molar-refractivity contribution in [2.24, 2.45) is 0 Å². The summed E-state index contributed by atoms with van der Waals surface area (Å²) >= 11 is 0. The summed E-state index contributed by atoms with van der Waals surface area (Å²) < 4.78 is 0. The van der Waals surface area contributed by atoms with Gasteiger partial charge in [0.15, 0.2) is 11.4 Å². The van der Waals surface area contributed by atoms with Gasteiger partial charge in [0.2, 0.25) is 0 Å². The van der Waals surface area contributed by atoms with Crippen molar-refractivity contribution in [2.75, 3.05) is 0 Å². The fourth-order valence-corrected chi connectivity index (χ4v) is 1.14. The van der Waals surface area contributed by atoms with Gasteiger partial charge in [-0.2, -0.15) is 0 Å². The first kappa shape index (κ1) is 7.60. The molecule has 0 radical (unpaired) electrons. The van der Waals surface area contributed by atoms with Crippen LogP contribution in [0.2, 0.25) is 0 Å². The molecule has 1 heterocycles. The third-order valence-corrected chi connectivity index (χ3v) is 1.68. The van der Waals surface area contributed by atoms with Crippen molar-refractivity contribution in [1.29, 1.82) is 0 Å². The monoisotopic (exact) mass is 178 g/mol. The average Bonchev–Trinajstić information content (AvgIpc) is 2.48. The number of hydrogen-bond acceptors (Lipinski definition) is 4. The van der Waals surface area contributed by atoms with Crippen molar-refractivity contribution in [1.82, 2.24) is 5.48 Å². The number of fused-ring (bicyclic) bond motifs is 1. The third-order valence-electron chi connectivity index (χ3n) is 1.68. The molecule has 66 valence electrons. The van der Waals surface area contributed by atoms with E-state index in [1.165, 1.54) is 0 Å². The van der Waals surface area contributed by atoms with Crippen molar-refractivity contribution in [3.63, 3.8) is 0 Å². The molecule has 13 heavy (non-hydrogen) atoms. The van der Waals surface area contributed by atoms with Crippen molar-refractivity contribution < 1.29 is 9.76 Å². The maximum absolute atomic E-state index is 10.2. The molecular formula is C8H6N2O3. The summed E-state index contributed by atoms with van der Waals surface area (Å²) in [7, 11) is 0. The first-order valence-corrected chi connectivity index (χ1v) is 3.65. The molecular weight excluding hydrogens is 172 g/mol. The number of rotatable bonds is 1. The fourth-order valence-electron chi connectivity index (χ4n) is 1.14. The molecule has 0 bridgehead atoms. The zero-order chi connectivity index (χ0) is 9.26. The van der Waals surface area contributed by atoms with Crippen LogP contribution in [0.15, 0.2) is 30.5 Å². The molecule has 0 fully saturated rings. The van der Waals surface area contributed by atoms with Crippen LogP contribution in [0.4, 0.5) is 0 Å². The van der Waals surface area contributed by atoms with Gasteiger partial charge in [-0.3, -0.25) is 10.1 Å². The lowest BCUT2D eigenvalue weighted by Crippen LogP contribution is -2.08. The minimum absolute atomic E-state index is 0.376. The van der Waals surface area contributed by atoms with Gasteiger partial charge in [-0.1, -0.05) is 12.1 Å². The summed E-state index contributed by atoms with van der Waals surface area (Å²) in [4.78, 5) is 14.7. The van der Waals surface area contributed by atoms with Gasteiger partial charge >= 0.3 is 0 Å². The Bertz CT molecular complexity index is 387. The maximum atomic E-state index is 10.2. The molecule has 0 atom stereocenters. The van der Waals surface area contributed by atoms with E-state index in [2.05, 4.69) is 5.48 Å². The van der Waals surface area contributed by atoms with E-state index in [0.717, 1.165) is 6.20 Å². The van der Waals surface area contributed by atoms with Crippen LogP contribution < -0.4 is 10.3 Å². The van der Waals surface area contributed by atoms with Crippen molar-refractivity contribution in [3.8, 4) is 5.75 Å². The quantitative estimate of drug-likeness (QED) is 0.517. The van der Waals surface area contributed by atoms with Gasteiger partial charge in [-0.05, 0) is 12.1 Å². The highest BCUT2D eigenvalue weighted by atomic mass is 16.7. The summed E-state index contributed by atoms with van der Waals surface area (Å²) in [6.07, 6.45) is 0.881. The SMILES string of the molecule is O=[N+]([O-])/C=C1\NOc2ccccc21. The lowest BCUT2D eigenvalue weighted by molar-refractivity contribution is -0.401. The molecule has 1 aromatic rings. The molecule has 1 N–H and O–H groups in total. The Kier molecular flexibility index (Phi) is 1.63. The van der Waals surface area contributed by atoms with Crippen molar-refractivity contribution in [2.45, 2.75) is 0 Å². The van der Waals surface area contributed by atoms with Crippen molar-refractivity contribution >= 4 is 5.70 Å². The van der Waals surface area contributed by atoms with E-state index >= 15 is 0 Å². The van der Waals surface area contributed by atoms with Crippen LogP contribution in [0.5, 0.6) is 5.75 Å². The predicted molar refractivity (Wildman–Crippen MR) is 45.2 cm³/mol. The lowest BCUT2D eigenvalue weighted by atomic mass is 10.2. The highest BCUT2D eigenvalue weighted by molar-refractivity contribution is 5.70. The molecule has 1 aliphatic rings. The lowest BCUT2D eigenvalue weighted by Gasteiger charge is -1.91. The maximum Gasteiger partial charge on any atom is 0.261 e. The Morgan fingerprint density at radius 1 is 1.46 bits per heavy atom. The fraction of sp³-hybridized carbons (Fsp3) is 0. The third kappa shape index (κ3) is 1.31. The Morgan fingerprint density at radius 3 is 3.00 bits per heavy atom. The van der Waals surface area contributed by atoms with E-state index in [4.69, 9.17) is 4.84 Å². The smallest absolute Gasteiger partial charge is 0.261 e. The molecule has 0 aromatic heterocycles. The number of hydroxylamine groups is 1. The Balaban J connectivity index is 2.44. The molecule has 1 aliphatic heterocycles. The number of benzene rings is 1. The standard InChI is InChI=1S/C8H6N2O3/c11-10(12)5-7-6-3-1-2-4-8(6)13-9-7/h1-5,9H/b7-5-. The molecule has 0 saturated heterocycles. The Labute approximate surface area is 73.7 Å². The van der Waals surface area contributed by atoms with E-state index < -0.39 is 4.92 Å². The predicted octanol–water partition coefficient (Wildman–Crippen LogP) is 1.16. The highest BCUT2D eigenvalue weighted by Gasteiger charge is 2.19. The largest absolute Gasteiger partial charge is 0.381 e. The van der Waals surface area contributed by atoms with Gasteiger partial charge in [0.1, 0.15) is 0 Å². The first-order valence-electron chi connectivity index (χ1n) is 3.65. The Hall–Kier alpha value is -2.04. The zero-order valence-corrected chi connectivity index (χ0v) is 6.56. The van der Waals surface area contributed by atoms with Crippen LogP contribution in [0.3, 0.4) is 0 Å². The number of nitrogens with one attached hydrogen (secondary N) is 1. The molecule has 5 nitrogen and oxygen atoms in total. The average molecular weight is 178 g/mol. The number of nitrogens with zero attached hydrogens (tertiary/aromatic N) is 1. The van der Waals surface area contributed by atoms with Crippen LogP contribution in [0.25, 0.3) is 5.70 Å². The van der Waals surface area contributed by atoms with Crippen LogP contribution in [0, 0.1) is 10.1 Å². The van der Waals surface area contributed by atoms with E-state index in [1.807, 2.05) is 0 Å². The summed E-state index contributed by atoms with van der Waals surface area (Å²) in [5.41, 5.74) is 3.56. The van der Waals surface area contributed by atoms with Crippen LogP contribution >= 0.6 is 0 Å². The molecule has 0 amide bonds. The summed E-state index contributed by atoms with van der Waals surface area (Å²) in [5, 5.41) is 10.2. The number of hydrogen-bond donors (Lipinski definition) is 1. The number of nitro groups is 1. The molecule has 5 heteroatoms. The summed E-state index contributed by atoms with van der Waals surface area (Å²) in [6.45, 7) is 0. The van der Waals surface area contributed by atoms with Crippen LogP contribution in [0.1, 0.15) is 5.56 Å². The van der Waals surface area contributed by atoms with Gasteiger partial charge in [0.05, 0.1) is 10.5 Å². The van der Waals surface area contributed by atoms with Gasteiger partial charge in [0.25, 0.3) is 6.20 Å². The zero-order valence-electron chi connectivity index (χ0n) is 6.56. The van der Waals surface area contributed by atoms with E-state index in [1.54, 1.807) is 24.3 Å². The van der Waals surface area contributed by atoms with E-state index in [-0.39, 0.29) is 0 Å². The van der Waals surface area contributed by atoms with Crippen molar-refractivity contribution in [3.05, 3.63) is 46.1 Å². The van der Waals surface area contributed by atoms with Gasteiger partial charge < -0.3 is 4.84 Å². The van der Waals surface area contributed by atoms with E-state index in [9.17, 15) is 10.1 Å². The second-order valence-electron chi connectivity index (χ2n) is 2.53. The van der Waals surface area contributed by atoms with Gasteiger partial charge in [0, 0.05) is 0 Å². The number of para-hydroxylation sites is 1. The second-order valence-corrected chi connectivity index (χ2v) is 2.53. The molecule has 1 aromatic carbocycles. The van der Waals surface area contributed by atoms with Crippen LogP contribution in [-0.2, 0) is 0 Å². The highest BCUT2D eigenvalue weighted by Crippen LogP contribution is 2.28. The molecule has 0 saturated carbocycles. The molecule has 2 rings (SSSR count). The normalized spacial score (nSPS) is 16.2. The van der Waals surface area contributed by atoms with E-state index in [0.29, 0.717) is 17.0 Å². The first-order chi connectivity index (χ1) is 6.27. The van der Waals surface area contributed by atoms with Gasteiger partial charge in [-0.25, -0.2) is 5.48 Å². The minimum Gasteiger partial charge on any atom is -0.381 e.